The average molecular weight is 428 g/mol. The zero-order valence-corrected chi connectivity index (χ0v) is 17.6. The fraction of sp³-hybridized carbons (Fsp3) is 0.600. The number of nitrogens with one attached hydrogen (secondary N) is 1. The van der Waals surface area contributed by atoms with Gasteiger partial charge in [0.05, 0.1) is 6.04 Å². The molecule has 0 radical (unpaired) electrons. The maximum absolute atomic E-state index is 12.5. The highest BCUT2D eigenvalue weighted by Gasteiger charge is 2.39. The number of likely N-dealkylation sites (tertiary alicyclic amines) is 1. The first-order chi connectivity index (χ1) is 13.5. The number of benzene rings is 1. The molecular weight excluding hydrogens is 401 g/mol. The molecular formula is C20H27Cl2N3O3. The van der Waals surface area contributed by atoms with Crippen LogP contribution < -0.4 is 5.32 Å². The largest absolute Gasteiger partial charge is 0.447 e. The highest BCUT2D eigenvalue weighted by atomic mass is 35.5. The maximum atomic E-state index is 12.5. The van der Waals surface area contributed by atoms with Gasteiger partial charge in [0.2, 0.25) is 0 Å². The molecule has 0 bridgehead atoms. The molecule has 154 valence electrons. The fourth-order valence-corrected chi connectivity index (χ4v) is 4.35. The van der Waals surface area contributed by atoms with Crippen LogP contribution in [0.3, 0.4) is 0 Å². The first kappa shape index (κ1) is 21.1. The van der Waals surface area contributed by atoms with Crippen LogP contribution in [-0.2, 0) is 11.3 Å². The quantitative estimate of drug-likeness (QED) is 0.716. The molecule has 0 saturated carbocycles. The topological polar surface area (TPSA) is 61.9 Å². The van der Waals surface area contributed by atoms with Gasteiger partial charge >= 0.3 is 12.1 Å². The number of hydrogen-bond donors (Lipinski definition) is 1. The predicted molar refractivity (Wildman–Crippen MR) is 110 cm³/mol. The zero-order chi connectivity index (χ0) is 20.1. The van der Waals surface area contributed by atoms with Crippen molar-refractivity contribution in [1.82, 2.24) is 15.1 Å². The highest BCUT2D eigenvalue weighted by Crippen LogP contribution is 2.26. The van der Waals surface area contributed by atoms with Gasteiger partial charge in [-0.3, -0.25) is 4.90 Å². The van der Waals surface area contributed by atoms with Crippen molar-refractivity contribution in [3.8, 4) is 0 Å². The number of urea groups is 1. The Morgan fingerprint density at radius 1 is 1.29 bits per heavy atom. The minimum absolute atomic E-state index is 0.115. The molecule has 2 fully saturated rings. The van der Waals surface area contributed by atoms with E-state index in [4.69, 9.17) is 27.9 Å². The number of unbranched alkanes of at least 4 members (excludes halogenated alkanes) is 1. The molecule has 3 rings (SSSR count). The zero-order valence-electron chi connectivity index (χ0n) is 16.1. The van der Waals surface area contributed by atoms with Crippen LogP contribution in [0.1, 0.15) is 44.6 Å². The predicted octanol–water partition coefficient (Wildman–Crippen LogP) is 4.68. The summed E-state index contributed by atoms with van der Waals surface area (Å²) in [4.78, 5) is 28.4. The van der Waals surface area contributed by atoms with E-state index in [1.54, 1.807) is 17.0 Å². The third-order valence-corrected chi connectivity index (χ3v) is 6.07. The highest BCUT2D eigenvalue weighted by molar-refractivity contribution is 6.35. The second-order valence-corrected chi connectivity index (χ2v) is 8.24. The smallest absolute Gasteiger partial charge is 0.410 e. The van der Waals surface area contributed by atoms with Crippen LogP contribution in [-0.4, -0.2) is 53.7 Å². The Kier molecular flexibility index (Phi) is 7.30. The summed E-state index contributed by atoms with van der Waals surface area (Å²) in [5.41, 5.74) is 0.827. The van der Waals surface area contributed by atoms with Gasteiger partial charge in [-0.1, -0.05) is 49.0 Å². The van der Waals surface area contributed by atoms with E-state index in [9.17, 15) is 9.59 Å². The number of nitrogens with zero attached hydrogens (tertiary/aromatic N) is 2. The van der Waals surface area contributed by atoms with Gasteiger partial charge in [0.25, 0.3) is 0 Å². The molecule has 1 aromatic rings. The Morgan fingerprint density at radius 3 is 2.71 bits per heavy atom. The van der Waals surface area contributed by atoms with Gasteiger partial charge in [-0.2, -0.15) is 0 Å². The van der Waals surface area contributed by atoms with E-state index in [-0.39, 0.29) is 24.2 Å². The van der Waals surface area contributed by atoms with Crippen LogP contribution in [0.2, 0.25) is 10.0 Å². The lowest BCUT2D eigenvalue weighted by Crippen LogP contribution is -2.51. The van der Waals surface area contributed by atoms with Crippen LogP contribution in [0.25, 0.3) is 0 Å². The molecule has 2 heterocycles. The Morgan fingerprint density at radius 2 is 2.04 bits per heavy atom. The van der Waals surface area contributed by atoms with Crippen molar-refractivity contribution >= 4 is 35.3 Å². The SMILES string of the molecule is CCCCC1COC(=O)N1C1CCN(C(=O)NCc2ccc(Cl)cc2Cl)CC1. The molecule has 2 saturated heterocycles. The van der Waals surface area contributed by atoms with Crippen LogP contribution in [0.4, 0.5) is 9.59 Å². The molecule has 2 aliphatic rings. The number of amides is 3. The Balaban J connectivity index is 1.49. The molecule has 28 heavy (non-hydrogen) atoms. The lowest BCUT2D eigenvalue weighted by Gasteiger charge is -2.37. The second kappa shape index (κ2) is 9.70. The summed E-state index contributed by atoms with van der Waals surface area (Å²) in [5, 5.41) is 4.02. The Hall–Kier alpha value is -1.66. The molecule has 0 spiro atoms. The third-order valence-electron chi connectivity index (χ3n) is 5.48. The number of halogens is 2. The molecule has 8 heteroatoms. The summed E-state index contributed by atoms with van der Waals surface area (Å²) >= 11 is 12.1. The molecule has 0 aromatic heterocycles. The summed E-state index contributed by atoms with van der Waals surface area (Å²) in [7, 11) is 0. The lowest BCUT2D eigenvalue weighted by molar-refractivity contribution is 0.111. The standard InChI is InChI=1S/C20H27Cl2N3O3/c1-2-3-4-17-13-28-20(27)25(17)16-7-9-24(10-8-16)19(26)23-12-14-5-6-15(21)11-18(14)22/h5-6,11,16-17H,2-4,7-10,12-13H2,1H3,(H,23,26). The van der Waals surface area contributed by atoms with Gasteiger partial charge < -0.3 is 15.0 Å². The summed E-state index contributed by atoms with van der Waals surface area (Å²) in [6.07, 6.45) is 4.51. The van der Waals surface area contributed by atoms with E-state index in [2.05, 4.69) is 12.2 Å². The van der Waals surface area contributed by atoms with Gasteiger partial charge in [0.1, 0.15) is 6.61 Å². The van der Waals surface area contributed by atoms with Crippen molar-refractivity contribution in [3.63, 3.8) is 0 Å². The minimum Gasteiger partial charge on any atom is -0.447 e. The van der Waals surface area contributed by atoms with Crippen LogP contribution in [0.15, 0.2) is 18.2 Å². The van der Waals surface area contributed by atoms with Crippen molar-refractivity contribution in [1.29, 1.82) is 0 Å². The summed E-state index contributed by atoms with van der Waals surface area (Å²) in [6, 6.07) is 5.43. The molecule has 2 aliphatic heterocycles. The molecule has 6 nitrogen and oxygen atoms in total. The molecule has 1 atom stereocenters. The lowest BCUT2D eigenvalue weighted by atomic mass is 10.0. The van der Waals surface area contributed by atoms with E-state index < -0.39 is 0 Å². The first-order valence-corrected chi connectivity index (χ1v) is 10.7. The van der Waals surface area contributed by atoms with Crippen molar-refractivity contribution in [2.24, 2.45) is 0 Å². The van der Waals surface area contributed by atoms with Crippen molar-refractivity contribution < 1.29 is 14.3 Å². The van der Waals surface area contributed by atoms with Gasteiger partial charge in [-0.05, 0) is 37.0 Å². The number of cyclic esters (lactones) is 1. The van der Waals surface area contributed by atoms with Gasteiger partial charge in [0.15, 0.2) is 0 Å². The van der Waals surface area contributed by atoms with Crippen LogP contribution in [0, 0.1) is 0 Å². The number of piperidine rings is 1. The summed E-state index contributed by atoms with van der Waals surface area (Å²) < 4.78 is 5.28. The minimum atomic E-state index is -0.207. The Labute approximate surface area is 176 Å². The van der Waals surface area contributed by atoms with E-state index in [0.29, 0.717) is 36.3 Å². The van der Waals surface area contributed by atoms with Gasteiger partial charge in [-0.25, -0.2) is 9.59 Å². The summed E-state index contributed by atoms with van der Waals surface area (Å²) in [6.45, 7) is 4.23. The molecule has 1 unspecified atom stereocenters. The second-order valence-electron chi connectivity index (χ2n) is 7.39. The number of carbonyl (C=O) groups is 2. The first-order valence-electron chi connectivity index (χ1n) is 9.91. The van der Waals surface area contributed by atoms with Gasteiger partial charge in [-0.15, -0.1) is 0 Å². The van der Waals surface area contributed by atoms with E-state index >= 15 is 0 Å². The Bertz CT molecular complexity index is 708. The number of ether oxygens (including phenoxy) is 1. The molecule has 1 aromatic carbocycles. The van der Waals surface area contributed by atoms with E-state index in [0.717, 1.165) is 37.7 Å². The molecule has 0 aliphatic carbocycles. The van der Waals surface area contributed by atoms with Crippen molar-refractivity contribution in [3.05, 3.63) is 33.8 Å². The number of hydrogen-bond acceptors (Lipinski definition) is 3. The maximum Gasteiger partial charge on any atom is 0.410 e. The molecule has 3 amide bonds. The van der Waals surface area contributed by atoms with Gasteiger partial charge in [0, 0.05) is 35.7 Å². The van der Waals surface area contributed by atoms with Crippen molar-refractivity contribution in [2.75, 3.05) is 19.7 Å². The van der Waals surface area contributed by atoms with Crippen LogP contribution >= 0.6 is 23.2 Å². The van der Waals surface area contributed by atoms with Crippen LogP contribution in [0.5, 0.6) is 0 Å². The average Bonchev–Trinajstić information content (AvgIpc) is 3.06. The van der Waals surface area contributed by atoms with Crippen molar-refractivity contribution in [2.45, 2.75) is 57.7 Å². The third kappa shape index (κ3) is 5.03. The van der Waals surface area contributed by atoms with E-state index in [1.165, 1.54) is 0 Å². The monoisotopic (exact) mass is 427 g/mol. The summed E-state index contributed by atoms with van der Waals surface area (Å²) in [5.74, 6) is 0. The fourth-order valence-electron chi connectivity index (χ4n) is 3.88. The van der Waals surface area contributed by atoms with E-state index in [1.807, 2.05) is 11.0 Å². The number of carbonyl (C=O) groups excluding carboxylic acids is 2. The normalized spacial score (nSPS) is 20.4. The molecule has 1 N–H and O–H groups in total. The number of rotatable bonds is 6.